The Kier molecular flexibility index (Phi) is 3.96. The zero-order chi connectivity index (χ0) is 16.6. The molecule has 3 nitrogen and oxygen atoms in total. The van der Waals surface area contributed by atoms with Crippen LogP contribution >= 0.6 is 22.6 Å². The number of aliphatic hydroxyl groups is 3. The summed E-state index contributed by atoms with van der Waals surface area (Å²) in [5, 5.41) is 31.7. The number of fused-ring (bicyclic) bond motifs is 5. The van der Waals surface area contributed by atoms with Gasteiger partial charge in [0.15, 0.2) is 0 Å². The van der Waals surface area contributed by atoms with Crippen LogP contribution in [0, 0.1) is 28.6 Å². The Morgan fingerprint density at radius 2 is 1.83 bits per heavy atom. The van der Waals surface area contributed by atoms with E-state index in [0.717, 1.165) is 38.5 Å². The minimum Gasteiger partial charge on any atom is -0.393 e. The lowest BCUT2D eigenvalue weighted by atomic mass is 9.47. The van der Waals surface area contributed by atoms with Crippen molar-refractivity contribution in [3.63, 3.8) is 0 Å². The van der Waals surface area contributed by atoms with Gasteiger partial charge in [0.2, 0.25) is 0 Å². The smallest absolute Gasteiger partial charge is 0.0757 e. The summed E-state index contributed by atoms with van der Waals surface area (Å²) >= 11 is 2.41. The molecule has 0 saturated heterocycles. The van der Waals surface area contributed by atoms with Crippen LogP contribution < -0.4 is 0 Å². The molecule has 0 aromatic rings. The predicted octanol–water partition coefficient (Wildman–Crippen LogP) is 3.06. The molecule has 4 unspecified atom stereocenters. The fraction of sp³-hybridized carbons (Fsp3) is 0.895. The van der Waals surface area contributed by atoms with E-state index in [4.69, 9.17) is 0 Å². The standard InChI is InChI=1S/C19H29IO3/c1-18-5-3-11(21)7-10(18)8-15(22)16-12(18)4-6-19(2)13(16)9-14(20)17(19)23/h8,11-17,21-23H,3-7,9H2,1-2H3/t11?,12-,13+,14?,15?,16-,17?,18+,19+/m1/s1. The van der Waals surface area contributed by atoms with Crippen molar-refractivity contribution in [1.82, 2.24) is 0 Å². The van der Waals surface area contributed by atoms with Gasteiger partial charge in [-0.1, -0.05) is 48.1 Å². The van der Waals surface area contributed by atoms with Crippen LogP contribution in [-0.2, 0) is 0 Å². The molecule has 4 aliphatic carbocycles. The van der Waals surface area contributed by atoms with Gasteiger partial charge in [-0.05, 0) is 67.1 Å². The van der Waals surface area contributed by atoms with E-state index < -0.39 is 6.10 Å². The van der Waals surface area contributed by atoms with Crippen molar-refractivity contribution in [2.24, 2.45) is 28.6 Å². The molecular weight excluding hydrogens is 403 g/mol. The maximum atomic E-state index is 10.9. The van der Waals surface area contributed by atoms with E-state index in [-0.39, 0.29) is 29.0 Å². The predicted molar refractivity (Wildman–Crippen MR) is 98.3 cm³/mol. The molecule has 3 saturated carbocycles. The van der Waals surface area contributed by atoms with Crippen molar-refractivity contribution in [1.29, 1.82) is 0 Å². The number of hydrogen-bond acceptors (Lipinski definition) is 3. The Hall–Kier alpha value is 0.350. The van der Waals surface area contributed by atoms with Crippen LogP contribution in [0.4, 0.5) is 0 Å². The van der Waals surface area contributed by atoms with E-state index in [0.29, 0.717) is 15.8 Å². The second-order valence-electron chi connectivity index (χ2n) is 9.03. The van der Waals surface area contributed by atoms with Crippen molar-refractivity contribution >= 4 is 22.6 Å². The molecule has 0 amide bonds. The average molecular weight is 432 g/mol. The number of hydrogen-bond donors (Lipinski definition) is 3. The summed E-state index contributed by atoms with van der Waals surface area (Å²) in [6.07, 6.45) is 7.02. The molecule has 0 bridgehead atoms. The van der Waals surface area contributed by atoms with E-state index in [2.05, 4.69) is 42.5 Å². The van der Waals surface area contributed by atoms with Crippen molar-refractivity contribution < 1.29 is 15.3 Å². The lowest BCUT2D eigenvalue weighted by Crippen LogP contribution is -2.55. The van der Waals surface area contributed by atoms with E-state index in [1.807, 2.05) is 0 Å². The minimum absolute atomic E-state index is 0.0378. The SMILES string of the molecule is C[C@]12CCC(O)CC1=CC(O)[C@@H]1[C@H]2CC[C@]2(C)C(O)C(I)C[C@@H]12. The van der Waals surface area contributed by atoms with Gasteiger partial charge < -0.3 is 15.3 Å². The largest absolute Gasteiger partial charge is 0.393 e. The highest BCUT2D eigenvalue weighted by atomic mass is 127. The lowest BCUT2D eigenvalue weighted by molar-refractivity contribution is -0.105. The molecule has 23 heavy (non-hydrogen) atoms. The summed E-state index contributed by atoms with van der Waals surface area (Å²) in [6, 6.07) is 0. The number of halogens is 1. The second-order valence-corrected chi connectivity index (χ2v) is 10.6. The number of alkyl halides is 1. The van der Waals surface area contributed by atoms with Crippen LogP contribution in [0.15, 0.2) is 11.6 Å². The Balaban J connectivity index is 1.73. The van der Waals surface area contributed by atoms with Crippen LogP contribution in [0.5, 0.6) is 0 Å². The van der Waals surface area contributed by atoms with E-state index in [1.54, 1.807) is 0 Å². The summed E-state index contributed by atoms with van der Waals surface area (Å²) in [5.74, 6) is 1.18. The topological polar surface area (TPSA) is 60.7 Å². The third-order valence-electron chi connectivity index (χ3n) is 8.04. The van der Waals surface area contributed by atoms with Crippen LogP contribution in [0.3, 0.4) is 0 Å². The highest BCUT2D eigenvalue weighted by Crippen LogP contribution is 2.65. The van der Waals surface area contributed by atoms with Crippen molar-refractivity contribution in [2.45, 2.75) is 74.6 Å². The van der Waals surface area contributed by atoms with E-state index >= 15 is 0 Å². The van der Waals surface area contributed by atoms with Gasteiger partial charge in [0.1, 0.15) is 0 Å². The Morgan fingerprint density at radius 1 is 1.09 bits per heavy atom. The van der Waals surface area contributed by atoms with Crippen molar-refractivity contribution in [3.8, 4) is 0 Å². The first-order valence-electron chi connectivity index (χ1n) is 9.17. The first-order chi connectivity index (χ1) is 10.8. The quantitative estimate of drug-likeness (QED) is 0.313. The van der Waals surface area contributed by atoms with Crippen molar-refractivity contribution in [2.75, 3.05) is 0 Å². The van der Waals surface area contributed by atoms with Crippen LogP contribution in [0.25, 0.3) is 0 Å². The summed E-state index contributed by atoms with van der Waals surface area (Å²) in [7, 11) is 0. The van der Waals surface area contributed by atoms with Gasteiger partial charge in [0.25, 0.3) is 0 Å². The number of rotatable bonds is 0. The molecule has 4 rings (SSSR count). The minimum atomic E-state index is -0.410. The maximum absolute atomic E-state index is 10.9. The fourth-order valence-corrected chi connectivity index (χ4v) is 7.95. The Morgan fingerprint density at radius 3 is 2.57 bits per heavy atom. The van der Waals surface area contributed by atoms with Gasteiger partial charge in [0.05, 0.1) is 18.3 Å². The third-order valence-corrected chi connectivity index (χ3v) is 9.23. The highest BCUT2D eigenvalue weighted by Gasteiger charge is 2.62. The molecule has 0 aromatic carbocycles. The number of aliphatic hydroxyl groups excluding tert-OH is 3. The second kappa shape index (κ2) is 5.42. The zero-order valence-electron chi connectivity index (χ0n) is 14.1. The molecule has 130 valence electrons. The monoisotopic (exact) mass is 432 g/mol. The van der Waals surface area contributed by atoms with Crippen molar-refractivity contribution in [3.05, 3.63) is 11.6 Å². The molecule has 0 aromatic heterocycles. The lowest BCUT2D eigenvalue weighted by Gasteiger charge is -2.58. The van der Waals surface area contributed by atoms with Gasteiger partial charge in [-0.2, -0.15) is 0 Å². The first-order valence-corrected chi connectivity index (χ1v) is 10.4. The van der Waals surface area contributed by atoms with Crippen LogP contribution in [0.1, 0.15) is 52.4 Å². The maximum Gasteiger partial charge on any atom is 0.0757 e. The Bertz CT molecular complexity index is 535. The molecular formula is C19H29IO3. The summed E-state index contributed by atoms with van der Waals surface area (Å²) in [6.45, 7) is 4.61. The van der Waals surface area contributed by atoms with E-state index in [1.165, 1.54) is 5.57 Å². The van der Waals surface area contributed by atoms with Gasteiger partial charge in [-0.3, -0.25) is 0 Å². The molecule has 4 heteroatoms. The third kappa shape index (κ3) is 2.24. The normalized spacial score (nSPS) is 58.9. The molecule has 0 radical (unpaired) electrons. The molecule has 0 aliphatic heterocycles. The average Bonchev–Trinajstić information content (AvgIpc) is 2.73. The fourth-order valence-electron chi connectivity index (χ4n) is 6.58. The summed E-state index contributed by atoms with van der Waals surface area (Å²) in [5.41, 5.74) is 1.39. The highest BCUT2D eigenvalue weighted by molar-refractivity contribution is 14.1. The molecule has 0 heterocycles. The molecule has 3 fully saturated rings. The first kappa shape index (κ1) is 16.8. The zero-order valence-corrected chi connectivity index (χ0v) is 16.2. The van der Waals surface area contributed by atoms with Gasteiger partial charge >= 0.3 is 0 Å². The molecule has 3 N–H and O–H groups in total. The van der Waals surface area contributed by atoms with Crippen LogP contribution in [0.2, 0.25) is 0 Å². The molecule has 4 aliphatic rings. The summed E-state index contributed by atoms with van der Waals surface area (Å²) in [4.78, 5) is 0. The molecule has 0 spiro atoms. The van der Waals surface area contributed by atoms with Gasteiger partial charge in [0, 0.05) is 3.92 Å². The van der Waals surface area contributed by atoms with Crippen LogP contribution in [-0.4, -0.2) is 37.6 Å². The van der Waals surface area contributed by atoms with Gasteiger partial charge in [-0.15, -0.1) is 0 Å². The molecule has 9 atom stereocenters. The Labute approximate surface area is 152 Å². The summed E-state index contributed by atoms with van der Waals surface area (Å²) < 4.78 is 0.305. The van der Waals surface area contributed by atoms with Gasteiger partial charge in [-0.25, -0.2) is 0 Å². The van der Waals surface area contributed by atoms with E-state index in [9.17, 15) is 15.3 Å².